The number of rotatable bonds is 4. The summed E-state index contributed by atoms with van der Waals surface area (Å²) in [5.41, 5.74) is 1.50. The highest BCUT2D eigenvalue weighted by Crippen LogP contribution is 2.19. The minimum absolute atomic E-state index is 0.0211. The van der Waals surface area contributed by atoms with E-state index in [1.54, 1.807) is 29.4 Å². The number of aromatic nitrogens is 1. The van der Waals surface area contributed by atoms with Crippen LogP contribution in [-0.4, -0.2) is 35.1 Å². The second-order valence-corrected chi connectivity index (χ2v) is 6.07. The molecule has 1 N–H and O–H groups in total. The summed E-state index contributed by atoms with van der Waals surface area (Å²) in [4.78, 5) is 18.2. The predicted molar refractivity (Wildman–Crippen MR) is 92.9 cm³/mol. The van der Waals surface area contributed by atoms with Gasteiger partial charge in [0.15, 0.2) is 0 Å². The highest BCUT2D eigenvalue weighted by Gasteiger charge is 2.28. The Balaban J connectivity index is 1.54. The fraction of sp³-hybridized carbons (Fsp3) is 0.316. The van der Waals surface area contributed by atoms with Gasteiger partial charge in [-0.15, -0.1) is 0 Å². The third-order valence-electron chi connectivity index (χ3n) is 4.23. The number of nitriles is 1. The summed E-state index contributed by atoms with van der Waals surface area (Å²) in [6, 6.07) is 12.8. The maximum atomic E-state index is 12.5. The van der Waals surface area contributed by atoms with Crippen LogP contribution in [0.15, 0.2) is 48.8 Å². The lowest BCUT2D eigenvalue weighted by atomic mass is 10.1. The number of nitrogens with zero attached hydrogens (tertiary/aromatic N) is 3. The van der Waals surface area contributed by atoms with E-state index in [4.69, 9.17) is 10.00 Å². The molecule has 6 heteroatoms. The maximum Gasteiger partial charge on any atom is 0.318 e. The van der Waals surface area contributed by atoms with Crippen molar-refractivity contribution in [3.63, 3.8) is 0 Å². The Bertz CT molecular complexity index is 772. The second kappa shape index (κ2) is 7.67. The van der Waals surface area contributed by atoms with Gasteiger partial charge in [-0.05, 0) is 36.8 Å². The van der Waals surface area contributed by atoms with Gasteiger partial charge in [0, 0.05) is 19.2 Å². The van der Waals surface area contributed by atoms with Gasteiger partial charge in [-0.25, -0.2) is 4.79 Å². The first-order valence-corrected chi connectivity index (χ1v) is 8.28. The van der Waals surface area contributed by atoms with Crippen LogP contribution in [0.1, 0.15) is 30.5 Å². The molecule has 25 heavy (non-hydrogen) atoms. The SMILES string of the molecule is CC(NC(=O)N1CCC(Oc2cccnc2)C1)c1cccc(C#N)c1. The number of urea groups is 1. The van der Waals surface area contributed by atoms with Gasteiger partial charge in [-0.1, -0.05) is 12.1 Å². The fourth-order valence-electron chi connectivity index (χ4n) is 2.86. The molecule has 1 saturated heterocycles. The summed E-state index contributed by atoms with van der Waals surface area (Å²) in [5.74, 6) is 0.719. The third-order valence-corrected chi connectivity index (χ3v) is 4.23. The molecule has 1 aromatic heterocycles. The molecule has 2 aromatic rings. The van der Waals surface area contributed by atoms with E-state index >= 15 is 0 Å². The Morgan fingerprint density at radius 3 is 3.08 bits per heavy atom. The molecule has 2 heterocycles. The molecule has 0 saturated carbocycles. The van der Waals surface area contributed by atoms with E-state index in [1.165, 1.54) is 0 Å². The summed E-state index contributed by atoms with van der Waals surface area (Å²) in [7, 11) is 0. The molecule has 3 rings (SSSR count). The standard InChI is InChI=1S/C19H20N4O2/c1-14(16-5-2-4-15(10-16)11-20)22-19(24)23-9-7-18(13-23)25-17-6-3-8-21-12-17/h2-6,8,10,12,14,18H,7,9,13H2,1H3,(H,22,24). The van der Waals surface area contributed by atoms with Crippen molar-refractivity contribution in [3.05, 3.63) is 59.9 Å². The van der Waals surface area contributed by atoms with Crippen molar-refractivity contribution < 1.29 is 9.53 Å². The van der Waals surface area contributed by atoms with Crippen LogP contribution >= 0.6 is 0 Å². The van der Waals surface area contributed by atoms with Gasteiger partial charge in [0.1, 0.15) is 11.9 Å². The van der Waals surface area contributed by atoms with E-state index in [1.807, 2.05) is 31.2 Å². The van der Waals surface area contributed by atoms with Crippen molar-refractivity contribution in [1.29, 1.82) is 5.26 Å². The Kier molecular flexibility index (Phi) is 5.14. The molecule has 1 aromatic carbocycles. The first kappa shape index (κ1) is 16.8. The number of carbonyl (C=O) groups excluding carboxylic acids is 1. The lowest BCUT2D eigenvalue weighted by Crippen LogP contribution is -2.40. The number of carbonyl (C=O) groups is 1. The van der Waals surface area contributed by atoms with Crippen LogP contribution in [-0.2, 0) is 0 Å². The smallest absolute Gasteiger partial charge is 0.318 e. The van der Waals surface area contributed by atoms with Crippen LogP contribution in [0.25, 0.3) is 0 Å². The summed E-state index contributed by atoms with van der Waals surface area (Å²) in [5, 5.41) is 12.0. The Labute approximate surface area is 147 Å². The van der Waals surface area contributed by atoms with Crippen LogP contribution in [0.2, 0.25) is 0 Å². The average molecular weight is 336 g/mol. The monoisotopic (exact) mass is 336 g/mol. The Hall–Kier alpha value is -3.07. The van der Waals surface area contributed by atoms with Gasteiger partial charge >= 0.3 is 6.03 Å². The molecule has 1 fully saturated rings. The highest BCUT2D eigenvalue weighted by molar-refractivity contribution is 5.75. The summed E-state index contributed by atoms with van der Waals surface area (Å²) in [6.45, 7) is 3.11. The third kappa shape index (κ3) is 4.27. The predicted octanol–water partition coefficient (Wildman–Crippen LogP) is 2.88. The quantitative estimate of drug-likeness (QED) is 0.931. The molecule has 2 atom stereocenters. The molecule has 1 aliphatic rings. The number of hydrogen-bond donors (Lipinski definition) is 1. The zero-order valence-electron chi connectivity index (χ0n) is 14.1. The Morgan fingerprint density at radius 1 is 1.44 bits per heavy atom. The maximum absolute atomic E-state index is 12.5. The van der Waals surface area contributed by atoms with Crippen molar-refractivity contribution in [2.24, 2.45) is 0 Å². The number of pyridine rings is 1. The lowest BCUT2D eigenvalue weighted by Gasteiger charge is -2.21. The summed E-state index contributed by atoms with van der Waals surface area (Å²) >= 11 is 0. The molecule has 0 bridgehead atoms. The van der Waals surface area contributed by atoms with Crippen molar-refractivity contribution >= 4 is 6.03 Å². The minimum atomic E-state index is -0.168. The van der Waals surface area contributed by atoms with E-state index < -0.39 is 0 Å². The molecular weight excluding hydrogens is 316 g/mol. The minimum Gasteiger partial charge on any atom is -0.487 e. The van der Waals surface area contributed by atoms with Crippen LogP contribution in [0.4, 0.5) is 4.79 Å². The molecular formula is C19H20N4O2. The van der Waals surface area contributed by atoms with Crippen LogP contribution in [0, 0.1) is 11.3 Å². The zero-order chi connectivity index (χ0) is 17.6. The largest absolute Gasteiger partial charge is 0.487 e. The van der Waals surface area contributed by atoms with Gasteiger partial charge in [-0.2, -0.15) is 5.26 Å². The lowest BCUT2D eigenvalue weighted by molar-refractivity contribution is 0.184. The van der Waals surface area contributed by atoms with Crippen molar-refractivity contribution in [2.45, 2.75) is 25.5 Å². The molecule has 2 unspecified atom stereocenters. The number of amides is 2. The van der Waals surface area contributed by atoms with Gasteiger partial charge in [-0.3, -0.25) is 4.98 Å². The first-order chi connectivity index (χ1) is 12.2. The van der Waals surface area contributed by atoms with Gasteiger partial charge in [0.25, 0.3) is 0 Å². The van der Waals surface area contributed by atoms with Crippen molar-refractivity contribution in [1.82, 2.24) is 15.2 Å². The van der Waals surface area contributed by atoms with E-state index in [0.29, 0.717) is 18.7 Å². The number of nitrogens with one attached hydrogen (secondary N) is 1. The molecule has 0 spiro atoms. The summed E-state index contributed by atoms with van der Waals surface area (Å²) < 4.78 is 5.86. The number of likely N-dealkylation sites (tertiary alicyclic amines) is 1. The molecule has 128 valence electrons. The van der Waals surface area contributed by atoms with Crippen molar-refractivity contribution in [2.75, 3.05) is 13.1 Å². The van der Waals surface area contributed by atoms with Crippen molar-refractivity contribution in [3.8, 4) is 11.8 Å². The second-order valence-electron chi connectivity index (χ2n) is 6.07. The van der Waals surface area contributed by atoms with E-state index in [-0.39, 0.29) is 18.2 Å². The average Bonchev–Trinajstić information content (AvgIpc) is 3.11. The van der Waals surface area contributed by atoms with Gasteiger partial charge in [0.05, 0.1) is 30.4 Å². The number of ether oxygens (including phenoxy) is 1. The van der Waals surface area contributed by atoms with Gasteiger partial charge < -0.3 is 15.0 Å². The molecule has 0 aliphatic carbocycles. The fourth-order valence-corrected chi connectivity index (χ4v) is 2.86. The van der Waals surface area contributed by atoms with Crippen LogP contribution in [0.5, 0.6) is 5.75 Å². The highest BCUT2D eigenvalue weighted by atomic mass is 16.5. The molecule has 2 amide bonds. The van der Waals surface area contributed by atoms with E-state index in [9.17, 15) is 4.79 Å². The summed E-state index contributed by atoms with van der Waals surface area (Å²) in [6.07, 6.45) is 4.14. The normalized spacial score (nSPS) is 17.6. The van der Waals surface area contributed by atoms with Gasteiger partial charge in [0.2, 0.25) is 0 Å². The molecule has 6 nitrogen and oxygen atoms in total. The van der Waals surface area contributed by atoms with Crippen LogP contribution in [0.3, 0.4) is 0 Å². The molecule has 1 aliphatic heterocycles. The Morgan fingerprint density at radius 2 is 2.32 bits per heavy atom. The number of hydrogen-bond acceptors (Lipinski definition) is 4. The van der Waals surface area contributed by atoms with E-state index in [2.05, 4.69) is 16.4 Å². The zero-order valence-corrected chi connectivity index (χ0v) is 14.1. The first-order valence-electron chi connectivity index (χ1n) is 8.28. The van der Waals surface area contributed by atoms with E-state index in [0.717, 1.165) is 17.7 Å². The van der Waals surface area contributed by atoms with Crippen LogP contribution < -0.4 is 10.1 Å². The molecule has 0 radical (unpaired) electrons. The number of benzene rings is 1. The topological polar surface area (TPSA) is 78.2 Å².